The molecule has 0 radical (unpaired) electrons. The van der Waals surface area contributed by atoms with Gasteiger partial charge in [-0.1, -0.05) is 23.7 Å². The first kappa shape index (κ1) is 13.6. The number of nitrogens with two attached hydrogens (primary N) is 1. The standard InChI is InChI=1S/C14H13ClF2N2/c1-2-19(13-6-4-3-5-10(13)16)14-7-9(15)11(17)8-12(14)18/h3-8H,2,18H2,1H3. The van der Waals surface area contributed by atoms with Crippen molar-refractivity contribution in [2.75, 3.05) is 17.2 Å². The molecule has 2 aromatic rings. The predicted molar refractivity (Wildman–Crippen MR) is 74.9 cm³/mol. The summed E-state index contributed by atoms with van der Waals surface area (Å²) in [4.78, 5) is 1.65. The second-order valence-corrected chi connectivity index (χ2v) is 4.43. The third-order valence-corrected chi connectivity index (χ3v) is 3.11. The number of benzene rings is 2. The minimum absolute atomic E-state index is 0.0426. The lowest BCUT2D eigenvalue weighted by molar-refractivity contribution is 0.624. The van der Waals surface area contributed by atoms with Crippen LogP contribution in [0.2, 0.25) is 5.02 Å². The van der Waals surface area contributed by atoms with Gasteiger partial charge in [-0.25, -0.2) is 8.78 Å². The number of nitrogens with zero attached hydrogens (tertiary/aromatic N) is 1. The molecule has 0 spiro atoms. The molecule has 0 saturated heterocycles. The number of para-hydroxylation sites is 1. The van der Waals surface area contributed by atoms with Crippen LogP contribution in [-0.2, 0) is 0 Å². The summed E-state index contributed by atoms with van der Waals surface area (Å²) in [7, 11) is 0. The molecule has 0 aromatic heterocycles. The van der Waals surface area contributed by atoms with Gasteiger partial charge in [0.25, 0.3) is 0 Å². The zero-order chi connectivity index (χ0) is 14.0. The Bertz CT molecular complexity index is 602. The molecule has 0 amide bonds. The van der Waals surface area contributed by atoms with Crippen molar-refractivity contribution < 1.29 is 8.78 Å². The van der Waals surface area contributed by atoms with E-state index in [9.17, 15) is 8.78 Å². The minimum atomic E-state index is -0.590. The Labute approximate surface area is 115 Å². The molecule has 0 unspecified atom stereocenters. The van der Waals surface area contributed by atoms with Crippen LogP contribution in [0.4, 0.5) is 25.8 Å². The Morgan fingerprint density at radius 3 is 2.42 bits per heavy atom. The van der Waals surface area contributed by atoms with Crippen LogP contribution in [0.3, 0.4) is 0 Å². The number of hydrogen-bond donors (Lipinski definition) is 1. The first-order valence-electron chi connectivity index (χ1n) is 5.81. The van der Waals surface area contributed by atoms with E-state index in [2.05, 4.69) is 0 Å². The molecule has 0 fully saturated rings. The first-order chi connectivity index (χ1) is 9.04. The van der Waals surface area contributed by atoms with Gasteiger partial charge in [-0.15, -0.1) is 0 Å². The van der Waals surface area contributed by atoms with Crippen LogP contribution in [-0.4, -0.2) is 6.54 Å². The summed E-state index contributed by atoms with van der Waals surface area (Å²) in [6.45, 7) is 2.33. The van der Waals surface area contributed by atoms with Gasteiger partial charge in [0.05, 0.1) is 22.1 Å². The maximum atomic E-state index is 13.8. The molecule has 0 aliphatic heterocycles. The second-order valence-electron chi connectivity index (χ2n) is 4.02. The van der Waals surface area contributed by atoms with E-state index in [0.29, 0.717) is 17.9 Å². The average molecular weight is 283 g/mol. The summed E-state index contributed by atoms with van der Waals surface area (Å²) in [5.41, 5.74) is 6.87. The Balaban J connectivity index is 2.55. The van der Waals surface area contributed by atoms with Gasteiger partial charge in [-0.3, -0.25) is 0 Å². The second kappa shape index (κ2) is 5.45. The molecular weight excluding hydrogens is 270 g/mol. The van der Waals surface area contributed by atoms with Crippen LogP contribution in [0, 0.1) is 11.6 Å². The van der Waals surface area contributed by atoms with E-state index >= 15 is 0 Å². The Kier molecular flexibility index (Phi) is 3.90. The maximum absolute atomic E-state index is 13.8. The van der Waals surface area contributed by atoms with E-state index in [4.69, 9.17) is 17.3 Å². The molecule has 2 aromatic carbocycles. The molecular formula is C14H13ClF2N2. The number of hydrogen-bond acceptors (Lipinski definition) is 2. The summed E-state index contributed by atoms with van der Waals surface area (Å²) in [5.74, 6) is -0.961. The monoisotopic (exact) mass is 282 g/mol. The third kappa shape index (κ3) is 2.63. The molecule has 5 heteroatoms. The quantitative estimate of drug-likeness (QED) is 0.848. The molecule has 0 aliphatic rings. The molecule has 100 valence electrons. The highest BCUT2D eigenvalue weighted by Gasteiger charge is 2.16. The van der Waals surface area contributed by atoms with Gasteiger partial charge < -0.3 is 10.6 Å². The highest BCUT2D eigenvalue weighted by atomic mass is 35.5. The van der Waals surface area contributed by atoms with Crippen LogP contribution in [0.15, 0.2) is 36.4 Å². The molecule has 2 rings (SSSR count). The smallest absolute Gasteiger partial charge is 0.146 e. The largest absolute Gasteiger partial charge is 0.397 e. The lowest BCUT2D eigenvalue weighted by Gasteiger charge is -2.25. The molecule has 2 N–H and O–H groups in total. The summed E-state index contributed by atoms with van der Waals surface area (Å²) < 4.78 is 27.1. The number of anilines is 3. The predicted octanol–water partition coefficient (Wildman–Crippen LogP) is 4.36. The van der Waals surface area contributed by atoms with Crippen LogP contribution < -0.4 is 10.6 Å². The van der Waals surface area contributed by atoms with E-state index < -0.39 is 5.82 Å². The molecule has 19 heavy (non-hydrogen) atoms. The van der Waals surface area contributed by atoms with E-state index in [1.165, 1.54) is 12.1 Å². The lowest BCUT2D eigenvalue weighted by Crippen LogP contribution is -2.19. The van der Waals surface area contributed by atoms with Gasteiger partial charge in [-0.2, -0.15) is 0 Å². The molecule has 0 saturated carbocycles. The normalized spacial score (nSPS) is 10.5. The zero-order valence-electron chi connectivity index (χ0n) is 10.3. The lowest BCUT2D eigenvalue weighted by atomic mass is 10.2. The van der Waals surface area contributed by atoms with Gasteiger partial charge in [0.2, 0.25) is 0 Å². The molecule has 0 atom stereocenters. The fourth-order valence-electron chi connectivity index (χ4n) is 1.93. The summed E-state index contributed by atoms with van der Waals surface area (Å²) in [5, 5.41) is -0.0426. The van der Waals surface area contributed by atoms with Crippen molar-refractivity contribution in [3.05, 3.63) is 53.1 Å². The van der Waals surface area contributed by atoms with E-state index in [0.717, 1.165) is 6.07 Å². The Morgan fingerprint density at radius 2 is 1.79 bits per heavy atom. The van der Waals surface area contributed by atoms with E-state index in [1.807, 2.05) is 6.92 Å². The van der Waals surface area contributed by atoms with Gasteiger partial charge in [0, 0.05) is 12.6 Å². The van der Waals surface area contributed by atoms with Gasteiger partial charge in [0.1, 0.15) is 11.6 Å². The maximum Gasteiger partial charge on any atom is 0.146 e. The fourth-order valence-corrected chi connectivity index (χ4v) is 2.08. The zero-order valence-corrected chi connectivity index (χ0v) is 11.1. The third-order valence-electron chi connectivity index (χ3n) is 2.82. The average Bonchev–Trinajstić information content (AvgIpc) is 2.38. The van der Waals surface area contributed by atoms with Crippen molar-refractivity contribution in [3.63, 3.8) is 0 Å². The number of nitrogen functional groups attached to an aromatic ring is 1. The molecule has 0 heterocycles. The van der Waals surface area contributed by atoms with Crippen LogP contribution in [0.1, 0.15) is 6.92 Å². The van der Waals surface area contributed by atoms with Crippen molar-refractivity contribution in [2.24, 2.45) is 0 Å². The highest BCUT2D eigenvalue weighted by molar-refractivity contribution is 6.31. The SMILES string of the molecule is CCN(c1cc(Cl)c(F)cc1N)c1ccccc1F. The van der Waals surface area contributed by atoms with Gasteiger partial charge >= 0.3 is 0 Å². The summed E-state index contributed by atoms with van der Waals surface area (Å²) in [6, 6.07) is 8.87. The minimum Gasteiger partial charge on any atom is -0.397 e. The van der Waals surface area contributed by atoms with Gasteiger partial charge in [0.15, 0.2) is 0 Å². The van der Waals surface area contributed by atoms with Crippen molar-refractivity contribution in [1.29, 1.82) is 0 Å². The molecule has 2 nitrogen and oxygen atoms in total. The van der Waals surface area contributed by atoms with Crippen LogP contribution in [0.25, 0.3) is 0 Å². The summed E-state index contributed by atoms with van der Waals surface area (Å²) in [6.07, 6.45) is 0. The van der Waals surface area contributed by atoms with Crippen molar-refractivity contribution in [3.8, 4) is 0 Å². The number of rotatable bonds is 3. The molecule has 0 bridgehead atoms. The van der Waals surface area contributed by atoms with E-state index in [1.54, 1.807) is 23.1 Å². The fraction of sp³-hybridized carbons (Fsp3) is 0.143. The van der Waals surface area contributed by atoms with Crippen molar-refractivity contribution >= 4 is 28.7 Å². The highest BCUT2D eigenvalue weighted by Crippen LogP contribution is 2.35. The number of halogens is 3. The Hall–Kier alpha value is -1.81. The first-order valence-corrected chi connectivity index (χ1v) is 6.19. The van der Waals surface area contributed by atoms with Gasteiger partial charge in [-0.05, 0) is 25.1 Å². The van der Waals surface area contributed by atoms with Crippen molar-refractivity contribution in [1.82, 2.24) is 0 Å². The van der Waals surface area contributed by atoms with Crippen molar-refractivity contribution in [2.45, 2.75) is 6.92 Å². The topological polar surface area (TPSA) is 29.3 Å². The van der Waals surface area contributed by atoms with Crippen LogP contribution in [0.5, 0.6) is 0 Å². The van der Waals surface area contributed by atoms with Crippen LogP contribution >= 0.6 is 11.6 Å². The van der Waals surface area contributed by atoms with E-state index in [-0.39, 0.29) is 16.5 Å². The summed E-state index contributed by atoms with van der Waals surface area (Å²) >= 11 is 5.76. The Morgan fingerprint density at radius 1 is 1.11 bits per heavy atom. The molecule has 0 aliphatic carbocycles.